The Morgan fingerprint density at radius 3 is 1.43 bits per heavy atom. The molecule has 1 aliphatic carbocycles. The van der Waals surface area contributed by atoms with Crippen molar-refractivity contribution < 1.29 is 0 Å². The average Bonchev–Trinajstić information content (AvgIpc) is 2.97. The van der Waals surface area contributed by atoms with Crippen molar-refractivity contribution in [3.8, 4) is 0 Å². The summed E-state index contributed by atoms with van der Waals surface area (Å²) in [6, 6.07) is 18.4. The molecule has 0 aromatic heterocycles. The smallest absolute Gasteiger partial charge is 0.0290 e. The molecular weight excluding hydrogens is 252 g/mol. The maximum absolute atomic E-state index is 2.43. The minimum Gasteiger partial charge on any atom is -0.0651 e. The molecule has 0 bridgehead atoms. The van der Waals surface area contributed by atoms with Gasteiger partial charge in [0.25, 0.3) is 0 Å². The molecule has 2 aromatic carbocycles. The summed E-state index contributed by atoms with van der Waals surface area (Å²) in [4.78, 5) is 0. The van der Waals surface area contributed by atoms with Crippen molar-refractivity contribution in [1.29, 1.82) is 0 Å². The third-order valence-electron chi connectivity index (χ3n) is 5.75. The van der Waals surface area contributed by atoms with Gasteiger partial charge in [0, 0.05) is 5.41 Å². The highest BCUT2D eigenvalue weighted by Gasteiger charge is 2.70. The van der Waals surface area contributed by atoms with Gasteiger partial charge in [0.2, 0.25) is 0 Å². The lowest BCUT2D eigenvalue weighted by Gasteiger charge is -2.23. The highest BCUT2D eigenvalue weighted by Crippen LogP contribution is 2.73. The molecule has 2 aromatic rings. The van der Waals surface area contributed by atoms with Gasteiger partial charge in [-0.15, -0.1) is 0 Å². The molecule has 1 atom stereocenters. The van der Waals surface area contributed by atoms with Crippen LogP contribution in [-0.4, -0.2) is 0 Å². The Morgan fingerprint density at radius 1 is 0.762 bits per heavy atom. The van der Waals surface area contributed by atoms with E-state index in [4.69, 9.17) is 0 Å². The van der Waals surface area contributed by atoms with E-state index >= 15 is 0 Å². The first-order valence-corrected chi connectivity index (χ1v) is 8.09. The van der Waals surface area contributed by atoms with Crippen LogP contribution >= 0.6 is 0 Å². The second-order valence-electron chi connectivity index (χ2n) is 7.22. The van der Waals surface area contributed by atoms with Gasteiger partial charge < -0.3 is 0 Å². The molecule has 3 rings (SSSR count). The third kappa shape index (κ3) is 1.88. The number of rotatable bonds is 3. The van der Waals surface area contributed by atoms with E-state index in [1.807, 2.05) is 0 Å². The van der Waals surface area contributed by atoms with Gasteiger partial charge in [0.05, 0.1) is 0 Å². The highest BCUT2D eigenvalue weighted by atomic mass is 14.7. The first kappa shape index (κ1) is 14.4. The lowest BCUT2D eigenvalue weighted by molar-refractivity contribution is 0.527. The summed E-state index contributed by atoms with van der Waals surface area (Å²) in [6.45, 7) is 11.5. The molecule has 0 unspecified atom stereocenters. The maximum atomic E-state index is 2.43. The zero-order chi connectivity index (χ0) is 15.3. The van der Waals surface area contributed by atoms with Gasteiger partial charge in [0.15, 0.2) is 0 Å². The Labute approximate surface area is 129 Å². The van der Waals surface area contributed by atoms with Crippen molar-refractivity contribution in [1.82, 2.24) is 0 Å². The highest BCUT2D eigenvalue weighted by molar-refractivity contribution is 5.52. The molecule has 0 saturated heterocycles. The summed E-state index contributed by atoms with van der Waals surface area (Å²) < 4.78 is 0. The van der Waals surface area contributed by atoms with E-state index in [0.717, 1.165) is 5.92 Å². The van der Waals surface area contributed by atoms with Crippen LogP contribution in [0.5, 0.6) is 0 Å². The van der Waals surface area contributed by atoms with Crippen molar-refractivity contribution >= 4 is 0 Å². The average molecular weight is 278 g/mol. The summed E-state index contributed by atoms with van der Waals surface area (Å²) in [6.07, 6.45) is 1.23. The fourth-order valence-corrected chi connectivity index (χ4v) is 4.63. The normalized spacial score (nSPS) is 22.0. The van der Waals surface area contributed by atoms with Gasteiger partial charge in [0.1, 0.15) is 0 Å². The van der Waals surface area contributed by atoms with E-state index in [9.17, 15) is 0 Å². The van der Waals surface area contributed by atoms with E-state index in [0.29, 0.717) is 5.41 Å². The molecule has 0 aliphatic heterocycles. The Balaban J connectivity index is 2.18. The van der Waals surface area contributed by atoms with Crippen LogP contribution in [0.4, 0.5) is 0 Å². The summed E-state index contributed by atoms with van der Waals surface area (Å²) in [5, 5.41) is 0. The van der Waals surface area contributed by atoms with Gasteiger partial charge in [-0.25, -0.2) is 0 Å². The molecule has 0 radical (unpaired) electrons. The van der Waals surface area contributed by atoms with Gasteiger partial charge in [-0.2, -0.15) is 0 Å². The first-order valence-electron chi connectivity index (χ1n) is 8.09. The van der Waals surface area contributed by atoms with E-state index in [1.165, 1.54) is 28.7 Å². The summed E-state index contributed by atoms with van der Waals surface area (Å²) in [7, 11) is 0. The second-order valence-corrected chi connectivity index (χ2v) is 7.22. The van der Waals surface area contributed by atoms with Crippen LogP contribution in [0.1, 0.15) is 49.4 Å². The van der Waals surface area contributed by atoms with Gasteiger partial charge >= 0.3 is 0 Å². The van der Waals surface area contributed by atoms with Crippen molar-refractivity contribution in [2.75, 3.05) is 0 Å². The van der Waals surface area contributed by atoms with E-state index in [2.05, 4.69) is 83.1 Å². The third-order valence-corrected chi connectivity index (χ3v) is 5.75. The second kappa shape index (κ2) is 4.73. The minimum atomic E-state index is 0.184. The van der Waals surface area contributed by atoms with Crippen molar-refractivity contribution in [2.24, 2.45) is 11.3 Å². The number of hydrogen-bond acceptors (Lipinski definition) is 0. The molecule has 0 heterocycles. The molecular formula is C21H26. The summed E-state index contributed by atoms with van der Waals surface area (Å²) in [5.74, 6) is 0.718. The van der Waals surface area contributed by atoms with Crippen molar-refractivity contribution in [2.45, 2.75) is 46.5 Å². The number of benzene rings is 2. The molecule has 1 fully saturated rings. The Kier molecular flexibility index (Phi) is 3.24. The first-order chi connectivity index (χ1) is 9.94. The van der Waals surface area contributed by atoms with Crippen LogP contribution in [0.15, 0.2) is 48.5 Å². The Morgan fingerprint density at radius 2 is 1.14 bits per heavy atom. The molecule has 21 heavy (non-hydrogen) atoms. The van der Waals surface area contributed by atoms with Crippen molar-refractivity contribution in [3.63, 3.8) is 0 Å². The van der Waals surface area contributed by atoms with Crippen LogP contribution in [-0.2, 0) is 5.41 Å². The van der Waals surface area contributed by atoms with Gasteiger partial charge in [-0.05, 0) is 36.3 Å². The SMILES string of the molecule is CC[C@@H]1C(C)(C)C1(c1ccc(C)cc1)c1ccc(C)cc1. The molecule has 0 N–H and O–H groups in total. The largest absolute Gasteiger partial charge is 0.0651 e. The Hall–Kier alpha value is -1.56. The van der Waals surface area contributed by atoms with Crippen LogP contribution in [0.25, 0.3) is 0 Å². The van der Waals surface area contributed by atoms with Crippen LogP contribution in [0.2, 0.25) is 0 Å². The van der Waals surface area contributed by atoms with Gasteiger partial charge in [-0.1, -0.05) is 86.8 Å². The fourth-order valence-electron chi connectivity index (χ4n) is 4.63. The molecule has 0 heteroatoms. The summed E-state index contributed by atoms with van der Waals surface area (Å²) in [5.41, 5.74) is 6.14. The van der Waals surface area contributed by atoms with Crippen LogP contribution in [0, 0.1) is 25.2 Å². The topological polar surface area (TPSA) is 0 Å². The molecule has 110 valence electrons. The standard InChI is InChI=1S/C21H26/c1-6-19-20(4,5)21(19,17-11-7-15(2)8-12-17)18-13-9-16(3)10-14-18/h7-14,19H,6H2,1-5H3/t19-/m1/s1. The van der Waals surface area contributed by atoms with Gasteiger partial charge in [-0.3, -0.25) is 0 Å². The van der Waals surface area contributed by atoms with E-state index in [1.54, 1.807) is 0 Å². The molecule has 0 spiro atoms. The summed E-state index contributed by atoms with van der Waals surface area (Å²) >= 11 is 0. The monoisotopic (exact) mass is 278 g/mol. The van der Waals surface area contributed by atoms with Crippen LogP contribution < -0.4 is 0 Å². The maximum Gasteiger partial charge on any atom is 0.0290 e. The quantitative estimate of drug-likeness (QED) is 0.680. The predicted molar refractivity (Wildman–Crippen MR) is 90.7 cm³/mol. The molecule has 0 amide bonds. The molecule has 1 aliphatic rings. The zero-order valence-electron chi connectivity index (χ0n) is 13.9. The fraction of sp³-hybridized carbons (Fsp3) is 0.429. The van der Waals surface area contributed by atoms with E-state index < -0.39 is 0 Å². The zero-order valence-corrected chi connectivity index (χ0v) is 13.9. The lowest BCUT2D eigenvalue weighted by atomic mass is 9.80. The van der Waals surface area contributed by atoms with Crippen molar-refractivity contribution in [3.05, 3.63) is 70.8 Å². The van der Waals surface area contributed by atoms with Crippen LogP contribution in [0.3, 0.4) is 0 Å². The molecule has 0 nitrogen and oxygen atoms in total. The number of aryl methyl sites for hydroxylation is 2. The molecule has 1 saturated carbocycles. The number of hydrogen-bond donors (Lipinski definition) is 0. The predicted octanol–water partition coefficient (Wildman–Crippen LogP) is 5.66. The Bertz CT molecular complexity index is 583. The van der Waals surface area contributed by atoms with E-state index in [-0.39, 0.29) is 5.41 Å². The lowest BCUT2D eigenvalue weighted by Crippen LogP contribution is -2.17. The minimum absolute atomic E-state index is 0.184.